The van der Waals surface area contributed by atoms with Crippen molar-refractivity contribution in [2.24, 2.45) is 5.92 Å². The Bertz CT molecular complexity index is 958. The molecule has 0 bridgehead atoms. The maximum atomic E-state index is 12.5. The molecule has 3 aromatic rings. The summed E-state index contributed by atoms with van der Waals surface area (Å²) in [7, 11) is 0. The molecule has 1 N–H and O–H groups in total. The van der Waals surface area contributed by atoms with E-state index in [4.69, 9.17) is 4.42 Å². The second kappa shape index (κ2) is 8.86. The Morgan fingerprint density at radius 3 is 2.62 bits per heavy atom. The van der Waals surface area contributed by atoms with Gasteiger partial charge in [0.1, 0.15) is 5.76 Å². The molecule has 29 heavy (non-hydrogen) atoms. The van der Waals surface area contributed by atoms with Crippen molar-refractivity contribution in [1.82, 2.24) is 20.1 Å². The number of carbonyl (C=O) groups is 1. The molecule has 0 radical (unpaired) electrons. The smallest absolute Gasteiger partial charge is 0.230 e. The number of hydrogen-bond acceptors (Lipinski definition) is 5. The van der Waals surface area contributed by atoms with E-state index < -0.39 is 0 Å². The highest BCUT2D eigenvalue weighted by atomic mass is 32.2. The molecule has 0 unspecified atom stereocenters. The highest BCUT2D eigenvalue weighted by Gasteiger charge is 2.22. The molecule has 0 aliphatic heterocycles. The van der Waals surface area contributed by atoms with Gasteiger partial charge in [0.05, 0.1) is 17.6 Å². The van der Waals surface area contributed by atoms with E-state index in [1.54, 1.807) is 6.26 Å². The zero-order valence-electron chi connectivity index (χ0n) is 16.8. The Kier molecular flexibility index (Phi) is 6.04. The van der Waals surface area contributed by atoms with Crippen LogP contribution in [0.3, 0.4) is 0 Å². The second-order valence-electron chi connectivity index (χ2n) is 7.68. The molecule has 7 heteroatoms. The Morgan fingerprint density at radius 1 is 1.17 bits per heavy atom. The molecule has 0 saturated heterocycles. The van der Waals surface area contributed by atoms with E-state index in [-0.39, 0.29) is 5.91 Å². The van der Waals surface area contributed by atoms with Crippen molar-refractivity contribution in [2.75, 3.05) is 5.75 Å². The first-order chi connectivity index (χ1) is 14.1. The fourth-order valence-corrected chi connectivity index (χ4v) is 4.53. The second-order valence-corrected chi connectivity index (χ2v) is 8.62. The van der Waals surface area contributed by atoms with Crippen molar-refractivity contribution >= 4 is 17.7 Å². The predicted octanol–water partition coefficient (Wildman–Crippen LogP) is 4.62. The van der Waals surface area contributed by atoms with Gasteiger partial charge in [-0.15, -0.1) is 10.2 Å². The molecule has 152 valence electrons. The molecule has 1 saturated carbocycles. The molecule has 1 aromatic carbocycles. The Balaban J connectivity index is 1.51. The zero-order valence-corrected chi connectivity index (χ0v) is 17.6. The summed E-state index contributed by atoms with van der Waals surface area (Å²) in [5.41, 5.74) is 1.85. The molecule has 1 aliphatic rings. The summed E-state index contributed by atoms with van der Waals surface area (Å²) in [6, 6.07) is 12.1. The van der Waals surface area contributed by atoms with Gasteiger partial charge in [0.2, 0.25) is 5.91 Å². The minimum absolute atomic E-state index is 0.0539. The van der Waals surface area contributed by atoms with E-state index in [1.165, 1.54) is 24.6 Å². The van der Waals surface area contributed by atoms with E-state index in [9.17, 15) is 4.79 Å². The number of furan rings is 1. The van der Waals surface area contributed by atoms with Crippen molar-refractivity contribution in [3.63, 3.8) is 0 Å². The van der Waals surface area contributed by atoms with Crippen LogP contribution in [0.2, 0.25) is 0 Å². The summed E-state index contributed by atoms with van der Waals surface area (Å²) >= 11 is 1.41. The number of rotatable bonds is 6. The fourth-order valence-electron chi connectivity index (χ4n) is 3.77. The lowest BCUT2D eigenvalue weighted by molar-refractivity contribution is -0.119. The highest BCUT2D eigenvalue weighted by Crippen LogP contribution is 2.30. The van der Waals surface area contributed by atoms with Crippen molar-refractivity contribution in [3.8, 4) is 17.1 Å². The van der Waals surface area contributed by atoms with Crippen LogP contribution < -0.4 is 5.32 Å². The van der Waals surface area contributed by atoms with Gasteiger partial charge >= 0.3 is 0 Å². The van der Waals surface area contributed by atoms with E-state index in [0.717, 1.165) is 35.8 Å². The monoisotopic (exact) mass is 410 g/mol. The van der Waals surface area contributed by atoms with E-state index >= 15 is 0 Å². The van der Waals surface area contributed by atoms with Crippen LogP contribution in [0.25, 0.3) is 17.1 Å². The number of nitrogens with zero attached hydrogens (tertiary/aromatic N) is 3. The fraction of sp³-hybridized carbons (Fsp3) is 0.409. The third kappa shape index (κ3) is 4.56. The minimum atomic E-state index is 0.0539. The SMILES string of the molecule is Cc1occc1-c1nnc(SCC(=O)NC2CCC(C)CC2)n1-c1ccccc1. The van der Waals surface area contributed by atoms with Gasteiger partial charge in [0, 0.05) is 11.7 Å². The molecule has 2 heterocycles. The summed E-state index contributed by atoms with van der Waals surface area (Å²) in [4.78, 5) is 12.5. The van der Waals surface area contributed by atoms with Gasteiger partial charge in [-0.25, -0.2) is 0 Å². The lowest BCUT2D eigenvalue weighted by Crippen LogP contribution is -2.38. The third-order valence-corrected chi connectivity index (χ3v) is 6.39. The Labute approximate surface area is 175 Å². The number of aromatic nitrogens is 3. The van der Waals surface area contributed by atoms with Gasteiger partial charge in [0.15, 0.2) is 11.0 Å². The van der Waals surface area contributed by atoms with Crippen molar-refractivity contribution in [2.45, 2.75) is 50.7 Å². The number of carbonyl (C=O) groups excluding carboxylic acids is 1. The average molecular weight is 411 g/mol. The molecule has 1 fully saturated rings. The van der Waals surface area contributed by atoms with E-state index in [1.807, 2.05) is 47.9 Å². The predicted molar refractivity (Wildman–Crippen MR) is 114 cm³/mol. The quantitative estimate of drug-likeness (QED) is 0.600. The van der Waals surface area contributed by atoms with Crippen LogP contribution in [0.5, 0.6) is 0 Å². The van der Waals surface area contributed by atoms with Crippen LogP contribution in [0.15, 0.2) is 52.2 Å². The zero-order chi connectivity index (χ0) is 20.2. The topological polar surface area (TPSA) is 72.9 Å². The highest BCUT2D eigenvalue weighted by molar-refractivity contribution is 7.99. The number of hydrogen-bond donors (Lipinski definition) is 1. The van der Waals surface area contributed by atoms with Crippen molar-refractivity contribution in [1.29, 1.82) is 0 Å². The first kappa shape index (κ1) is 19.8. The van der Waals surface area contributed by atoms with Gasteiger partial charge in [-0.05, 0) is 56.7 Å². The van der Waals surface area contributed by atoms with Crippen LogP contribution >= 0.6 is 11.8 Å². The minimum Gasteiger partial charge on any atom is -0.469 e. The van der Waals surface area contributed by atoms with Crippen LogP contribution in [0.1, 0.15) is 38.4 Å². The van der Waals surface area contributed by atoms with Gasteiger partial charge in [-0.1, -0.05) is 36.9 Å². The molecular formula is C22H26N4O2S. The lowest BCUT2D eigenvalue weighted by atomic mass is 9.87. The number of benzene rings is 1. The van der Waals surface area contributed by atoms with Crippen LogP contribution in [-0.2, 0) is 4.79 Å². The molecule has 6 nitrogen and oxygen atoms in total. The van der Waals surface area contributed by atoms with Gasteiger partial charge in [-0.3, -0.25) is 9.36 Å². The van der Waals surface area contributed by atoms with Crippen LogP contribution in [-0.4, -0.2) is 32.5 Å². The van der Waals surface area contributed by atoms with Crippen LogP contribution in [0, 0.1) is 12.8 Å². The number of amides is 1. The molecule has 0 atom stereocenters. The Morgan fingerprint density at radius 2 is 1.93 bits per heavy atom. The molecule has 1 aliphatic carbocycles. The molecule has 1 amide bonds. The van der Waals surface area contributed by atoms with Crippen LogP contribution in [0.4, 0.5) is 0 Å². The van der Waals surface area contributed by atoms with E-state index in [2.05, 4.69) is 22.4 Å². The summed E-state index contributed by atoms with van der Waals surface area (Å²) in [6.45, 7) is 4.19. The largest absolute Gasteiger partial charge is 0.469 e. The summed E-state index contributed by atoms with van der Waals surface area (Å²) in [5, 5.41) is 12.6. The summed E-state index contributed by atoms with van der Waals surface area (Å²) in [6.07, 6.45) is 6.17. The first-order valence-electron chi connectivity index (χ1n) is 10.1. The normalized spacial score (nSPS) is 19.2. The summed E-state index contributed by atoms with van der Waals surface area (Å²) in [5.74, 6) is 2.65. The lowest BCUT2D eigenvalue weighted by Gasteiger charge is -2.26. The maximum Gasteiger partial charge on any atom is 0.230 e. The standard InChI is InChI=1S/C22H26N4O2S/c1-15-8-10-17(11-9-15)23-20(27)14-29-22-25-24-21(19-12-13-28-16(19)2)26(22)18-6-4-3-5-7-18/h3-7,12-13,15,17H,8-11,14H2,1-2H3,(H,23,27). The number of nitrogens with one attached hydrogen (secondary N) is 1. The third-order valence-electron chi connectivity index (χ3n) is 5.46. The average Bonchev–Trinajstić information content (AvgIpc) is 3.34. The van der Waals surface area contributed by atoms with Gasteiger partial charge < -0.3 is 9.73 Å². The number of para-hydroxylation sites is 1. The van der Waals surface area contributed by atoms with Crippen molar-refractivity contribution < 1.29 is 9.21 Å². The molecular weight excluding hydrogens is 384 g/mol. The Hall–Kier alpha value is -2.54. The molecule has 0 spiro atoms. The van der Waals surface area contributed by atoms with Gasteiger partial charge in [-0.2, -0.15) is 0 Å². The molecule has 2 aromatic heterocycles. The number of thioether (sulfide) groups is 1. The van der Waals surface area contributed by atoms with Gasteiger partial charge in [0.25, 0.3) is 0 Å². The molecule has 4 rings (SSSR count). The maximum absolute atomic E-state index is 12.5. The number of aryl methyl sites for hydroxylation is 1. The first-order valence-corrected chi connectivity index (χ1v) is 11.1. The summed E-state index contributed by atoms with van der Waals surface area (Å²) < 4.78 is 7.44. The van der Waals surface area contributed by atoms with Crippen molar-refractivity contribution in [3.05, 3.63) is 48.4 Å². The van der Waals surface area contributed by atoms with E-state index in [0.29, 0.717) is 22.8 Å².